The molecule has 0 aromatic carbocycles. The number of carbonyl (C=O) groups is 1. The van der Waals surface area contributed by atoms with Gasteiger partial charge in [-0.1, -0.05) is 6.92 Å². The Hall–Kier alpha value is -1.52. The zero-order valence-electron chi connectivity index (χ0n) is 10.6. The van der Waals surface area contributed by atoms with Crippen LogP contribution in [-0.4, -0.2) is 28.8 Å². The van der Waals surface area contributed by atoms with Crippen molar-refractivity contribution in [2.45, 2.75) is 32.2 Å². The van der Waals surface area contributed by atoms with Crippen molar-refractivity contribution in [1.82, 2.24) is 15.1 Å². The Morgan fingerprint density at radius 1 is 1.59 bits per heavy atom. The molecule has 17 heavy (non-hydrogen) atoms. The van der Waals surface area contributed by atoms with Gasteiger partial charge < -0.3 is 10.1 Å². The molecule has 5 nitrogen and oxygen atoms in total. The van der Waals surface area contributed by atoms with Crippen LogP contribution in [0.2, 0.25) is 0 Å². The SMILES string of the molecule is COc1cc(C(=O)NC2CCC(C)C2)nn1C. The van der Waals surface area contributed by atoms with E-state index in [0.29, 0.717) is 23.5 Å². The van der Waals surface area contributed by atoms with Crippen molar-refractivity contribution in [2.75, 3.05) is 7.11 Å². The molecule has 2 atom stereocenters. The van der Waals surface area contributed by atoms with Gasteiger partial charge in [0.1, 0.15) is 0 Å². The standard InChI is InChI=1S/C12H19N3O2/c1-8-4-5-9(6-8)13-12(16)10-7-11(17-3)15(2)14-10/h7-9H,4-6H2,1-3H3,(H,13,16). The van der Waals surface area contributed by atoms with Gasteiger partial charge in [-0.25, -0.2) is 4.68 Å². The van der Waals surface area contributed by atoms with Gasteiger partial charge in [-0.05, 0) is 25.2 Å². The van der Waals surface area contributed by atoms with Gasteiger partial charge in [0.05, 0.1) is 7.11 Å². The average Bonchev–Trinajstić information content (AvgIpc) is 2.85. The predicted octanol–water partition coefficient (Wildman–Crippen LogP) is 1.35. The Balaban J connectivity index is 1.99. The third kappa shape index (κ3) is 2.60. The minimum absolute atomic E-state index is 0.108. The minimum atomic E-state index is -0.108. The lowest BCUT2D eigenvalue weighted by atomic mass is 10.1. The summed E-state index contributed by atoms with van der Waals surface area (Å²) < 4.78 is 6.64. The number of nitrogens with one attached hydrogen (secondary N) is 1. The average molecular weight is 237 g/mol. The zero-order chi connectivity index (χ0) is 12.4. The highest BCUT2D eigenvalue weighted by molar-refractivity contribution is 5.92. The van der Waals surface area contributed by atoms with Crippen molar-refractivity contribution >= 4 is 5.91 Å². The van der Waals surface area contributed by atoms with Crippen LogP contribution in [0.3, 0.4) is 0 Å². The van der Waals surface area contributed by atoms with Gasteiger partial charge in [0.25, 0.3) is 5.91 Å². The smallest absolute Gasteiger partial charge is 0.272 e. The summed E-state index contributed by atoms with van der Waals surface area (Å²) in [7, 11) is 3.32. The van der Waals surface area contributed by atoms with Gasteiger partial charge in [0.15, 0.2) is 5.69 Å². The number of carbonyl (C=O) groups excluding carboxylic acids is 1. The van der Waals surface area contributed by atoms with Crippen LogP contribution < -0.4 is 10.1 Å². The van der Waals surface area contributed by atoms with Crippen LogP contribution in [0.1, 0.15) is 36.7 Å². The van der Waals surface area contributed by atoms with Gasteiger partial charge in [0.2, 0.25) is 5.88 Å². The summed E-state index contributed by atoms with van der Waals surface area (Å²) in [6, 6.07) is 1.96. The van der Waals surface area contributed by atoms with Crippen molar-refractivity contribution in [3.8, 4) is 5.88 Å². The summed E-state index contributed by atoms with van der Waals surface area (Å²) >= 11 is 0. The topological polar surface area (TPSA) is 56.1 Å². The predicted molar refractivity (Wildman–Crippen MR) is 64.0 cm³/mol. The molecule has 1 amide bonds. The van der Waals surface area contributed by atoms with E-state index in [1.54, 1.807) is 24.9 Å². The fourth-order valence-corrected chi connectivity index (χ4v) is 2.35. The van der Waals surface area contributed by atoms with E-state index in [4.69, 9.17) is 4.74 Å². The molecule has 0 spiro atoms. The van der Waals surface area contributed by atoms with Crippen molar-refractivity contribution in [3.05, 3.63) is 11.8 Å². The van der Waals surface area contributed by atoms with E-state index in [0.717, 1.165) is 12.8 Å². The Labute approximate surface area is 101 Å². The number of ether oxygens (including phenoxy) is 1. The van der Waals surface area contributed by atoms with Crippen LogP contribution in [-0.2, 0) is 7.05 Å². The van der Waals surface area contributed by atoms with E-state index in [-0.39, 0.29) is 5.91 Å². The molecule has 1 fully saturated rings. The summed E-state index contributed by atoms with van der Waals surface area (Å²) in [6.07, 6.45) is 3.32. The highest BCUT2D eigenvalue weighted by Crippen LogP contribution is 2.24. The Bertz CT molecular complexity index is 414. The molecule has 94 valence electrons. The van der Waals surface area contributed by atoms with Crippen molar-refractivity contribution in [2.24, 2.45) is 13.0 Å². The molecule has 1 heterocycles. The molecule has 1 aliphatic rings. The third-order valence-corrected chi connectivity index (χ3v) is 3.31. The van der Waals surface area contributed by atoms with E-state index < -0.39 is 0 Å². The molecule has 1 aromatic heterocycles. The number of nitrogens with zero attached hydrogens (tertiary/aromatic N) is 2. The maximum absolute atomic E-state index is 11.9. The first kappa shape index (κ1) is 12.0. The second-order valence-electron chi connectivity index (χ2n) is 4.78. The molecule has 2 unspecified atom stereocenters. The first-order valence-electron chi connectivity index (χ1n) is 5.99. The summed E-state index contributed by atoms with van der Waals surface area (Å²) in [5.41, 5.74) is 0.420. The van der Waals surface area contributed by atoms with Crippen LogP contribution in [0.4, 0.5) is 0 Å². The third-order valence-electron chi connectivity index (χ3n) is 3.31. The van der Waals surface area contributed by atoms with Crippen molar-refractivity contribution < 1.29 is 9.53 Å². The fourth-order valence-electron chi connectivity index (χ4n) is 2.35. The van der Waals surface area contributed by atoms with Gasteiger partial charge in [-0.15, -0.1) is 0 Å². The van der Waals surface area contributed by atoms with Crippen LogP contribution in [0, 0.1) is 5.92 Å². The number of amides is 1. The number of hydrogen-bond donors (Lipinski definition) is 1. The lowest BCUT2D eigenvalue weighted by molar-refractivity contribution is 0.0931. The Morgan fingerprint density at radius 2 is 2.35 bits per heavy atom. The Morgan fingerprint density at radius 3 is 2.88 bits per heavy atom. The molecule has 1 aromatic rings. The van der Waals surface area contributed by atoms with Crippen molar-refractivity contribution in [3.63, 3.8) is 0 Å². The molecule has 0 aliphatic heterocycles. The number of methoxy groups -OCH3 is 1. The summed E-state index contributed by atoms with van der Waals surface area (Å²) in [6.45, 7) is 2.22. The van der Waals surface area contributed by atoms with E-state index in [1.165, 1.54) is 6.42 Å². The fraction of sp³-hybridized carbons (Fsp3) is 0.667. The minimum Gasteiger partial charge on any atom is -0.481 e. The Kier molecular flexibility index (Phi) is 3.36. The summed E-state index contributed by atoms with van der Waals surface area (Å²) in [5.74, 6) is 1.19. The molecule has 5 heteroatoms. The molecule has 2 rings (SSSR count). The quantitative estimate of drug-likeness (QED) is 0.863. The normalized spacial score (nSPS) is 23.7. The van der Waals surface area contributed by atoms with Crippen LogP contribution in [0.15, 0.2) is 6.07 Å². The van der Waals surface area contributed by atoms with Crippen molar-refractivity contribution in [1.29, 1.82) is 0 Å². The molecular weight excluding hydrogens is 218 g/mol. The molecule has 0 bridgehead atoms. The number of aromatic nitrogens is 2. The molecule has 0 radical (unpaired) electrons. The van der Waals surface area contributed by atoms with E-state index in [1.807, 2.05) is 0 Å². The van der Waals surface area contributed by atoms with Gasteiger partial charge in [-0.3, -0.25) is 4.79 Å². The van der Waals surface area contributed by atoms with Gasteiger partial charge in [0, 0.05) is 19.2 Å². The first-order chi connectivity index (χ1) is 8.10. The summed E-state index contributed by atoms with van der Waals surface area (Å²) in [4.78, 5) is 11.9. The molecule has 1 aliphatic carbocycles. The van der Waals surface area contributed by atoms with Crippen LogP contribution >= 0.6 is 0 Å². The maximum Gasteiger partial charge on any atom is 0.272 e. The molecular formula is C12H19N3O2. The van der Waals surface area contributed by atoms with E-state index >= 15 is 0 Å². The van der Waals surface area contributed by atoms with Gasteiger partial charge in [-0.2, -0.15) is 5.10 Å². The number of rotatable bonds is 3. The van der Waals surface area contributed by atoms with Crippen LogP contribution in [0.25, 0.3) is 0 Å². The molecule has 1 saturated carbocycles. The lowest BCUT2D eigenvalue weighted by Crippen LogP contribution is -2.33. The molecule has 0 saturated heterocycles. The summed E-state index contributed by atoms with van der Waals surface area (Å²) in [5, 5.41) is 7.14. The van der Waals surface area contributed by atoms with Gasteiger partial charge >= 0.3 is 0 Å². The van der Waals surface area contributed by atoms with E-state index in [9.17, 15) is 4.79 Å². The zero-order valence-corrected chi connectivity index (χ0v) is 10.6. The first-order valence-corrected chi connectivity index (χ1v) is 5.99. The number of aryl methyl sites for hydroxylation is 1. The lowest BCUT2D eigenvalue weighted by Gasteiger charge is -2.10. The van der Waals surface area contributed by atoms with E-state index in [2.05, 4.69) is 17.3 Å². The highest BCUT2D eigenvalue weighted by Gasteiger charge is 2.24. The second-order valence-corrected chi connectivity index (χ2v) is 4.78. The second kappa shape index (κ2) is 4.77. The maximum atomic E-state index is 11.9. The monoisotopic (exact) mass is 237 g/mol. The number of hydrogen-bond acceptors (Lipinski definition) is 3. The largest absolute Gasteiger partial charge is 0.481 e. The van der Waals surface area contributed by atoms with Crippen LogP contribution in [0.5, 0.6) is 5.88 Å². The highest BCUT2D eigenvalue weighted by atomic mass is 16.5. The molecule has 1 N–H and O–H groups in total.